The summed E-state index contributed by atoms with van der Waals surface area (Å²) in [5.41, 5.74) is 0.589. The molecule has 0 unspecified atom stereocenters. The van der Waals surface area contributed by atoms with Gasteiger partial charge in [-0.3, -0.25) is 4.99 Å². The van der Waals surface area contributed by atoms with E-state index in [1.165, 1.54) is 6.07 Å². The lowest BCUT2D eigenvalue weighted by atomic mass is 10.2. The first-order chi connectivity index (χ1) is 11.1. The lowest BCUT2D eigenvalue weighted by Crippen LogP contribution is -2.36. The van der Waals surface area contributed by atoms with Gasteiger partial charge in [0.15, 0.2) is 11.8 Å². The van der Waals surface area contributed by atoms with Gasteiger partial charge >= 0.3 is 6.61 Å². The normalized spacial score (nSPS) is 11.1. The third kappa shape index (κ3) is 6.26. The van der Waals surface area contributed by atoms with E-state index >= 15 is 0 Å². The van der Waals surface area contributed by atoms with Crippen molar-refractivity contribution < 1.29 is 18.0 Å². The van der Waals surface area contributed by atoms with Gasteiger partial charge in [0.05, 0.1) is 6.54 Å². The fraction of sp³-hybridized carbons (Fsp3) is 0.357. The van der Waals surface area contributed by atoms with Gasteiger partial charge in [-0.1, -0.05) is 23.4 Å². The first kappa shape index (κ1) is 20.1. The number of hydrogen-bond acceptors (Lipinski definition) is 5. The Hall–Kier alpha value is -1.98. The maximum atomic E-state index is 12.4. The lowest BCUT2D eigenvalue weighted by Gasteiger charge is -2.13. The van der Waals surface area contributed by atoms with Crippen LogP contribution in [0.2, 0.25) is 0 Å². The van der Waals surface area contributed by atoms with Crippen molar-refractivity contribution in [3.8, 4) is 5.75 Å². The molecule has 0 aliphatic rings. The van der Waals surface area contributed by atoms with Crippen molar-refractivity contribution in [2.24, 2.45) is 4.99 Å². The molecule has 2 N–H and O–H groups in total. The summed E-state index contributed by atoms with van der Waals surface area (Å²) in [6.45, 7) is -0.570. The molecule has 7 nitrogen and oxygen atoms in total. The topological polar surface area (TPSA) is 84.6 Å². The highest BCUT2D eigenvalue weighted by molar-refractivity contribution is 14.0. The predicted molar refractivity (Wildman–Crippen MR) is 94.6 cm³/mol. The van der Waals surface area contributed by atoms with E-state index in [2.05, 4.69) is 30.5 Å². The molecule has 2 aromatic rings. The number of nitrogens with one attached hydrogen (secondary N) is 2. The summed E-state index contributed by atoms with van der Waals surface area (Å²) >= 11 is 0. The minimum absolute atomic E-state index is 0. The number of rotatable bonds is 6. The van der Waals surface area contributed by atoms with E-state index in [1.54, 1.807) is 32.2 Å². The Kier molecular flexibility index (Phi) is 8.36. The number of guanidine groups is 1. The molecular formula is C14H18F2IN5O2. The van der Waals surface area contributed by atoms with Crippen LogP contribution in [0.25, 0.3) is 0 Å². The molecule has 0 aliphatic heterocycles. The highest BCUT2D eigenvalue weighted by atomic mass is 127. The van der Waals surface area contributed by atoms with Crippen molar-refractivity contribution in [1.82, 2.24) is 20.8 Å². The molecule has 2 rings (SSSR count). The quantitative estimate of drug-likeness (QED) is 0.397. The zero-order valence-corrected chi connectivity index (χ0v) is 15.5. The van der Waals surface area contributed by atoms with Crippen molar-refractivity contribution in [3.05, 3.63) is 41.5 Å². The van der Waals surface area contributed by atoms with Crippen LogP contribution in [0, 0.1) is 6.92 Å². The van der Waals surface area contributed by atoms with Crippen molar-refractivity contribution >= 4 is 29.9 Å². The minimum Gasteiger partial charge on any atom is -0.434 e. The molecule has 0 aliphatic carbocycles. The fourth-order valence-electron chi connectivity index (χ4n) is 1.84. The molecule has 132 valence electrons. The second-order valence-corrected chi connectivity index (χ2v) is 4.50. The van der Waals surface area contributed by atoms with Crippen LogP contribution in [0.5, 0.6) is 5.75 Å². The molecule has 0 radical (unpaired) electrons. The monoisotopic (exact) mass is 453 g/mol. The lowest BCUT2D eigenvalue weighted by molar-refractivity contribution is -0.0504. The maximum absolute atomic E-state index is 12.4. The Morgan fingerprint density at radius 1 is 1.29 bits per heavy atom. The average molecular weight is 453 g/mol. The van der Waals surface area contributed by atoms with Crippen LogP contribution in [0.15, 0.2) is 33.8 Å². The van der Waals surface area contributed by atoms with Crippen LogP contribution < -0.4 is 15.4 Å². The number of alkyl halides is 2. The summed E-state index contributed by atoms with van der Waals surface area (Å²) in [6.07, 6.45) is 0. The van der Waals surface area contributed by atoms with Gasteiger partial charge in [0, 0.05) is 26.1 Å². The fourth-order valence-corrected chi connectivity index (χ4v) is 1.84. The van der Waals surface area contributed by atoms with Gasteiger partial charge in [-0.25, -0.2) is 0 Å². The number of para-hydroxylation sites is 1. The van der Waals surface area contributed by atoms with Gasteiger partial charge < -0.3 is 19.9 Å². The van der Waals surface area contributed by atoms with E-state index < -0.39 is 6.61 Å². The number of aryl methyl sites for hydroxylation is 1. The molecule has 0 spiro atoms. The summed E-state index contributed by atoms with van der Waals surface area (Å²) in [5, 5.41) is 9.75. The van der Waals surface area contributed by atoms with Gasteiger partial charge in [0.25, 0.3) is 0 Å². The van der Waals surface area contributed by atoms with Crippen LogP contribution in [0.4, 0.5) is 8.78 Å². The summed E-state index contributed by atoms with van der Waals surface area (Å²) < 4.78 is 34.1. The molecular weight excluding hydrogens is 435 g/mol. The SMILES string of the molecule is CN=C(NCc1noc(C)n1)NCc1ccccc1OC(F)F.I. The molecule has 0 bridgehead atoms. The average Bonchev–Trinajstić information content (AvgIpc) is 2.94. The zero-order chi connectivity index (χ0) is 16.7. The largest absolute Gasteiger partial charge is 0.434 e. The number of halogens is 3. The molecule has 1 aromatic carbocycles. The Morgan fingerprint density at radius 3 is 2.62 bits per heavy atom. The molecule has 1 heterocycles. The Bertz CT molecular complexity index is 666. The van der Waals surface area contributed by atoms with Crippen LogP contribution in [0.3, 0.4) is 0 Å². The second kappa shape index (κ2) is 10.0. The van der Waals surface area contributed by atoms with E-state index in [9.17, 15) is 8.78 Å². The number of hydrogen-bond donors (Lipinski definition) is 2. The molecule has 10 heteroatoms. The van der Waals surface area contributed by atoms with Gasteiger partial charge in [-0.05, 0) is 6.07 Å². The smallest absolute Gasteiger partial charge is 0.387 e. The van der Waals surface area contributed by atoms with Crippen molar-refractivity contribution in [2.75, 3.05) is 7.05 Å². The highest BCUT2D eigenvalue weighted by Gasteiger charge is 2.10. The summed E-state index contributed by atoms with van der Waals surface area (Å²) in [6, 6.07) is 6.56. The first-order valence-electron chi connectivity index (χ1n) is 6.85. The summed E-state index contributed by atoms with van der Waals surface area (Å²) in [4.78, 5) is 8.09. The van der Waals surface area contributed by atoms with E-state index in [1.807, 2.05) is 0 Å². The van der Waals surface area contributed by atoms with Gasteiger partial charge in [-0.2, -0.15) is 13.8 Å². The first-order valence-corrected chi connectivity index (χ1v) is 6.85. The van der Waals surface area contributed by atoms with Gasteiger partial charge in [0.2, 0.25) is 5.89 Å². The highest BCUT2D eigenvalue weighted by Crippen LogP contribution is 2.19. The van der Waals surface area contributed by atoms with Crippen molar-refractivity contribution in [3.63, 3.8) is 0 Å². The van der Waals surface area contributed by atoms with Crippen molar-refractivity contribution in [2.45, 2.75) is 26.6 Å². The second-order valence-electron chi connectivity index (χ2n) is 4.50. The van der Waals surface area contributed by atoms with Crippen LogP contribution >= 0.6 is 24.0 Å². The van der Waals surface area contributed by atoms with Gasteiger partial charge in [-0.15, -0.1) is 24.0 Å². The maximum Gasteiger partial charge on any atom is 0.387 e. The van der Waals surface area contributed by atoms with Crippen LogP contribution in [-0.2, 0) is 13.1 Å². The number of nitrogens with zero attached hydrogens (tertiary/aromatic N) is 3. The van der Waals surface area contributed by atoms with Crippen LogP contribution in [0.1, 0.15) is 17.3 Å². The number of ether oxygens (including phenoxy) is 1. The number of aromatic nitrogens is 2. The van der Waals surface area contributed by atoms with Crippen molar-refractivity contribution in [1.29, 1.82) is 0 Å². The van der Waals surface area contributed by atoms with E-state index in [0.29, 0.717) is 29.8 Å². The van der Waals surface area contributed by atoms with E-state index in [-0.39, 0.29) is 36.3 Å². The molecule has 0 atom stereocenters. The van der Waals surface area contributed by atoms with Gasteiger partial charge in [0.1, 0.15) is 5.75 Å². The summed E-state index contributed by atoms with van der Waals surface area (Å²) in [5.74, 6) is 1.56. The molecule has 1 aromatic heterocycles. The number of aliphatic imine (C=N–C) groups is 1. The minimum atomic E-state index is -2.87. The molecule has 0 amide bonds. The molecule has 0 fully saturated rings. The predicted octanol–water partition coefficient (Wildman–Crippen LogP) is 2.46. The van der Waals surface area contributed by atoms with Crippen LogP contribution in [-0.4, -0.2) is 29.8 Å². The van der Waals surface area contributed by atoms with E-state index in [0.717, 1.165) is 0 Å². The third-order valence-corrected chi connectivity index (χ3v) is 2.84. The standard InChI is InChI=1S/C14H17F2N5O2.HI/c1-9-20-12(21-23-9)8-19-14(17-2)18-7-10-5-3-4-6-11(10)22-13(15)16;/h3-6,13H,7-8H2,1-2H3,(H2,17,18,19);1H. The Morgan fingerprint density at radius 2 is 2.00 bits per heavy atom. The zero-order valence-electron chi connectivity index (χ0n) is 13.1. The van der Waals surface area contributed by atoms with E-state index in [4.69, 9.17) is 4.52 Å². The summed E-state index contributed by atoms with van der Waals surface area (Å²) in [7, 11) is 1.60. The Balaban J connectivity index is 0.00000288. The third-order valence-electron chi connectivity index (χ3n) is 2.84. The molecule has 24 heavy (non-hydrogen) atoms. The Labute approximate surface area is 154 Å². The number of benzene rings is 1. The molecule has 0 saturated heterocycles. The molecule has 0 saturated carbocycles.